The third-order valence-corrected chi connectivity index (χ3v) is 1.88. The van der Waals surface area contributed by atoms with Gasteiger partial charge in [0.25, 0.3) is 0 Å². The summed E-state index contributed by atoms with van der Waals surface area (Å²) >= 11 is 5.90. The number of ether oxygens (including phenoxy) is 1. The van der Waals surface area contributed by atoms with Gasteiger partial charge in [-0.25, -0.2) is 4.98 Å². The molecule has 0 spiro atoms. The second-order valence-electron chi connectivity index (χ2n) is 2.50. The number of hydrogen-bond donors (Lipinski definition) is 1. The monoisotopic (exact) mass is 186 g/mol. The van der Waals surface area contributed by atoms with Gasteiger partial charge in [-0.2, -0.15) is 0 Å². The minimum absolute atomic E-state index is 0.166. The lowest BCUT2D eigenvalue weighted by atomic mass is 10.1. The van der Waals surface area contributed by atoms with Crippen molar-refractivity contribution in [2.24, 2.45) is 5.73 Å². The Balaban J connectivity index is 3.20. The van der Waals surface area contributed by atoms with Crippen LogP contribution in [0, 0.1) is 0 Å². The lowest BCUT2D eigenvalue weighted by molar-refractivity contribution is 0.390. The van der Waals surface area contributed by atoms with Crippen molar-refractivity contribution in [3.63, 3.8) is 0 Å². The minimum atomic E-state index is -0.166. The highest BCUT2D eigenvalue weighted by molar-refractivity contribution is 6.31. The fourth-order valence-electron chi connectivity index (χ4n) is 1.01. The van der Waals surface area contributed by atoms with Crippen molar-refractivity contribution in [1.82, 2.24) is 4.98 Å². The van der Waals surface area contributed by atoms with E-state index in [1.54, 1.807) is 19.4 Å². The third-order valence-electron chi connectivity index (χ3n) is 1.55. The number of pyridine rings is 1. The zero-order valence-electron chi connectivity index (χ0n) is 7.04. The standard InChI is InChI=1S/C8H11ClN2O/c1-5(10)7-6(9)3-4-11-8(7)12-2/h3-5H,10H2,1-2H3/t5-/m0/s1. The smallest absolute Gasteiger partial charge is 0.219 e. The van der Waals surface area contributed by atoms with Gasteiger partial charge in [0, 0.05) is 17.8 Å². The number of nitrogens with two attached hydrogens (primary N) is 1. The quantitative estimate of drug-likeness (QED) is 0.766. The Morgan fingerprint density at radius 3 is 2.75 bits per heavy atom. The van der Waals surface area contributed by atoms with Gasteiger partial charge in [0.2, 0.25) is 5.88 Å². The predicted octanol–water partition coefficient (Wildman–Crippen LogP) is 1.76. The summed E-state index contributed by atoms with van der Waals surface area (Å²) in [6.45, 7) is 1.84. The molecular formula is C8H11ClN2O. The van der Waals surface area contributed by atoms with Gasteiger partial charge in [-0.15, -0.1) is 0 Å². The van der Waals surface area contributed by atoms with Crippen LogP contribution in [0.4, 0.5) is 0 Å². The maximum absolute atomic E-state index is 5.90. The molecule has 0 radical (unpaired) electrons. The fraction of sp³-hybridized carbons (Fsp3) is 0.375. The molecule has 0 aliphatic carbocycles. The SMILES string of the molecule is COc1nccc(Cl)c1[C@H](C)N. The first-order chi connectivity index (χ1) is 5.66. The van der Waals surface area contributed by atoms with Crippen LogP contribution >= 0.6 is 11.6 Å². The first kappa shape index (κ1) is 9.29. The molecule has 3 nitrogen and oxygen atoms in total. The van der Waals surface area contributed by atoms with Crippen LogP contribution < -0.4 is 10.5 Å². The van der Waals surface area contributed by atoms with E-state index in [-0.39, 0.29) is 6.04 Å². The second-order valence-corrected chi connectivity index (χ2v) is 2.91. The Morgan fingerprint density at radius 1 is 1.67 bits per heavy atom. The van der Waals surface area contributed by atoms with Gasteiger partial charge in [-0.1, -0.05) is 11.6 Å². The average Bonchev–Trinajstić information content (AvgIpc) is 2.03. The average molecular weight is 187 g/mol. The van der Waals surface area contributed by atoms with Crippen molar-refractivity contribution in [2.45, 2.75) is 13.0 Å². The van der Waals surface area contributed by atoms with Crippen LogP contribution in [-0.2, 0) is 0 Å². The predicted molar refractivity (Wildman–Crippen MR) is 48.4 cm³/mol. The Kier molecular flexibility index (Phi) is 2.89. The van der Waals surface area contributed by atoms with Crippen molar-refractivity contribution in [2.75, 3.05) is 7.11 Å². The summed E-state index contributed by atoms with van der Waals surface area (Å²) in [6, 6.07) is 1.53. The van der Waals surface area contributed by atoms with Gasteiger partial charge in [-0.05, 0) is 13.0 Å². The van der Waals surface area contributed by atoms with E-state index in [4.69, 9.17) is 22.1 Å². The first-order valence-corrected chi connectivity index (χ1v) is 3.98. The minimum Gasteiger partial charge on any atom is -0.481 e. The van der Waals surface area contributed by atoms with E-state index in [0.29, 0.717) is 10.9 Å². The molecule has 0 saturated carbocycles. The van der Waals surface area contributed by atoms with Crippen molar-refractivity contribution < 1.29 is 4.74 Å². The largest absolute Gasteiger partial charge is 0.481 e. The summed E-state index contributed by atoms with van der Waals surface area (Å²) in [5, 5.41) is 0.594. The first-order valence-electron chi connectivity index (χ1n) is 3.60. The summed E-state index contributed by atoms with van der Waals surface area (Å²) in [7, 11) is 1.55. The molecule has 12 heavy (non-hydrogen) atoms. The maximum Gasteiger partial charge on any atom is 0.219 e. The van der Waals surface area contributed by atoms with Crippen LogP contribution in [0.3, 0.4) is 0 Å². The number of aromatic nitrogens is 1. The van der Waals surface area contributed by atoms with Crippen molar-refractivity contribution in [1.29, 1.82) is 0 Å². The molecule has 0 saturated heterocycles. The molecule has 0 aromatic carbocycles. The van der Waals surface area contributed by atoms with Crippen LogP contribution in [0.15, 0.2) is 12.3 Å². The fourth-order valence-corrected chi connectivity index (χ4v) is 1.32. The zero-order chi connectivity index (χ0) is 9.14. The normalized spacial score (nSPS) is 12.7. The lowest BCUT2D eigenvalue weighted by Gasteiger charge is -2.11. The van der Waals surface area contributed by atoms with E-state index in [1.807, 2.05) is 6.92 Å². The van der Waals surface area contributed by atoms with E-state index in [0.717, 1.165) is 5.56 Å². The summed E-state index contributed by atoms with van der Waals surface area (Å²) in [6.07, 6.45) is 1.59. The molecule has 0 fully saturated rings. The zero-order valence-corrected chi connectivity index (χ0v) is 7.80. The van der Waals surface area contributed by atoms with Crippen LogP contribution in [0.1, 0.15) is 18.5 Å². The van der Waals surface area contributed by atoms with Crippen LogP contribution in [0.25, 0.3) is 0 Å². The van der Waals surface area contributed by atoms with Crippen LogP contribution in [0.2, 0.25) is 5.02 Å². The molecule has 1 aromatic rings. The van der Waals surface area contributed by atoms with E-state index in [1.165, 1.54) is 0 Å². The van der Waals surface area contributed by atoms with Crippen molar-refractivity contribution in [3.8, 4) is 5.88 Å². The highest BCUT2D eigenvalue weighted by atomic mass is 35.5. The molecule has 0 aliphatic rings. The third kappa shape index (κ3) is 1.68. The van der Waals surface area contributed by atoms with Gasteiger partial charge in [-0.3, -0.25) is 0 Å². The van der Waals surface area contributed by atoms with Crippen LogP contribution in [-0.4, -0.2) is 12.1 Å². The Morgan fingerprint density at radius 2 is 2.33 bits per heavy atom. The van der Waals surface area contributed by atoms with Gasteiger partial charge >= 0.3 is 0 Å². The Bertz CT molecular complexity index is 276. The number of methoxy groups -OCH3 is 1. The van der Waals surface area contributed by atoms with Crippen molar-refractivity contribution >= 4 is 11.6 Å². The molecule has 0 unspecified atom stereocenters. The van der Waals surface area contributed by atoms with Crippen molar-refractivity contribution in [3.05, 3.63) is 22.8 Å². The summed E-state index contributed by atoms with van der Waals surface area (Å²) in [4.78, 5) is 3.99. The van der Waals surface area contributed by atoms with Gasteiger partial charge in [0.15, 0.2) is 0 Å². The highest BCUT2D eigenvalue weighted by Crippen LogP contribution is 2.28. The molecule has 1 heterocycles. The molecule has 1 atom stereocenters. The summed E-state index contributed by atoms with van der Waals surface area (Å²) < 4.78 is 5.01. The lowest BCUT2D eigenvalue weighted by Crippen LogP contribution is -2.08. The van der Waals surface area contributed by atoms with E-state index in [9.17, 15) is 0 Å². The van der Waals surface area contributed by atoms with E-state index < -0.39 is 0 Å². The molecule has 1 aromatic heterocycles. The number of halogens is 1. The highest BCUT2D eigenvalue weighted by Gasteiger charge is 2.12. The van der Waals surface area contributed by atoms with Crippen LogP contribution in [0.5, 0.6) is 5.88 Å². The van der Waals surface area contributed by atoms with Gasteiger partial charge < -0.3 is 10.5 Å². The van der Waals surface area contributed by atoms with E-state index in [2.05, 4.69) is 4.98 Å². The summed E-state index contributed by atoms with van der Waals surface area (Å²) in [5.41, 5.74) is 6.44. The molecule has 0 aliphatic heterocycles. The van der Waals surface area contributed by atoms with Gasteiger partial charge in [0.05, 0.1) is 12.1 Å². The number of rotatable bonds is 2. The molecule has 4 heteroatoms. The molecule has 2 N–H and O–H groups in total. The Hall–Kier alpha value is -0.800. The topological polar surface area (TPSA) is 48.1 Å². The Labute approximate surface area is 76.5 Å². The maximum atomic E-state index is 5.90. The summed E-state index contributed by atoms with van der Waals surface area (Å²) in [5.74, 6) is 0.498. The molecule has 1 rings (SSSR count). The number of hydrogen-bond acceptors (Lipinski definition) is 3. The second kappa shape index (κ2) is 3.74. The molecule has 0 bridgehead atoms. The molecular weight excluding hydrogens is 176 g/mol. The molecule has 66 valence electrons. The number of nitrogens with zero attached hydrogens (tertiary/aromatic N) is 1. The molecule has 0 amide bonds. The van der Waals surface area contributed by atoms with Gasteiger partial charge in [0.1, 0.15) is 0 Å². The van der Waals surface area contributed by atoms with E-state index >= 15 is 0 Å².